The van der Waals surface area contributed by atoms with E-state index in [4.69, 9.17) is 4.74 Å². The number of hydrogen-bond acceptors (Lipinski definition) is 4. The summed E-state index contributed by atoms with van der Waals surface area (Å²) in [6.45, 7) is 0. The number of methoxy groups -OCH3 is 2. The van der Waals surface area contributed by atoms with Gasteiger partial charge in [-0.15, -0.1) is 0 Å². The Balaban J connectivity index is 2.46. The lowest BCUT2D eigenvalue weighted by molar-refractivity contribution is -0.139. The minimum absolute atomic E-state index is 0.130. The molecule has 0 radical (unpaired) electrons. The van der Waals surface area contributed by atoms with E-state index in [0.717, 1.165) is 10.9 Å². The Morgan fingerprint density at radius 3 is 2.67 bits per heavy atom. The second kappa shape index (κ2) is 4.96. The van der Waals surface area contributed by atoms with Gasteiger partial charge in [0.25, 0.3) is 0 Å². The molecule has 0 saturated carbocycles. The maximum Gasteiger partial charge on any atom is 0.309 e. The molecule has 94 valence electrons. The number of esters is 1. The van der Waals surface area contributed by atoms with Crippen molar-refractivity contribution in [2.75, 3.05) is 14.2 Å². The predicted octanol–water partition coefficient (Wildman–Crippen LogP) is 2.27. The van der Waals surface area contributed by atoms with Crippen LogP contribution >= 0.6 is 0 Å². The van der Waals surface area contributed by atoms with Crippen molar-refractivity contribution in [2.24, 2.45) is 0 Å². The van der Waals surface area contributed by atoms with Gasteiger partial charge in [-0.3, -0.25) is 4.79 Å². The monoisotopic (exact) mass is 246 g/mol. The number of aromatic hydroxyl groups is 1. The molecule has 0 atom stereocenters. The highest BCUT2D eigenvalue weighted by Gasteiger charge is 2.08. The molecular weight excluding hydrogens is 232 g/mol. The fraction of sp³-hybridized carbons (Fsp3) is 0.214. The van der Waals surface area contributed by atoms with Crippen LogP contribution in [0.4, 0.5) is 0 Å². The summed E-state index contributed by atoms with van der Waals surface area (Å²) in [6, 6.07) is 8.83. The van der Waals surface area contributed by atoms with Crippen molar-refractivity contribution < 1.29 is 19.4 Å². The van der Waals surface area contributed by atoms with Crippen molar-refractivity contribution in [3.05, 3.63) is 35.9 Å². The first-order valence-corrected chi connectivity index (χ1v) is 5.50. The lowest BCUT2D eigenvalue weighted by Crippen LogP contribution is -2.04. The van der Waals surface area contributed by atoms with Crippen LogP contribution in [0.25, 0.3) is 10.8 Å². The van der Waals surface area contributed by atoms with Crippen LogP contribution in [0.15, 0.2) is 30.3 Å². The van der Waals surface area contributed by atoms with Crippen LogP contribution in [-0.2, 0) is 16.0 Å². The molecular formula is C14H14O4. The van der Waals surface area contributed by atoms with E-state index in [9.17, 15) is 9.90 Å². The maximum absolute atomic E-state index is 11.2. The van der Waals surface area contributed by atoms with Crippen LogP contribution in [0.5, 0.6) is 11.5 Å². The third kappa shape index (κ3) is 2.37. The zero-order valence-electron chi connectivity index (χ0n) is 10.3. The van der Waals surface area contributed by atoms with Gasteiger partial charge in [0, 0.05) is 5.39 Å². The van der Waals surface area contributed by atoms with Gasteiger partial charge >= 0.3 is 5.97 Å². The predicted molar refractivity (Wildman–Crippen MR) is 67.9 cm³/mol. The average molecular weight is 246 g/mol. The van der Waals surface area contributed by atoms with Crippen molar-refractivity contribution in [3.63, 3.8) is 0 Å². The highest BCUT2D eigenvalue weighted by Crippen LogP contribution is 2.30. The van der Waals surface area contributed by atoms with Crippen molar-refractivity contribution in [1.29, 1.82) is 0 Å². The van der Waals surface area contributed by atoms with E-state index in [1.165, 1.54) is 7.11 Å². The maximum atomic E-state index is 11.2. The third-order valence-corrected chi connectivity index (χ3v) is 2.78. The summed E-state index contributed by atoms with van der Waals surface area (Å²) in [7, 11) is 2.91. The molecule has 0 heterocycles. The van der Waals surface area contributed by atoms with Crippen LogP contribution in [0, 0.1) is 0 Å². The largest absolute Gasteiger partial charge is 0.507 e. The number of fused-ring (bicyclic) bond motifs is 1. The normalized spacial score (nSPS) is 10.3. The van der Waals surface area contributed by atoms with Crippen molar-refractivity contribution in [1.82, 2.24) is 0 Å². The Labute approximate surface area is 105 Å². The van der Waals surface area contributed by atoms with Gasteiger partial charge < -0.3 is 14.6 Å². The first-order chi connectivity index (χ1) is 8.63. The minimum Gasteiger partial charge on any atom is -0.507 e. The molecule has 0 aromatic heterocycles. The van der Waals surface area contributed by atoms with E-state index in [0.29, 0.717) is 11.1 Å². The summed E-state index contributed by atoms with van der Waals surface area (Å²) in [5, 5.41) is 11.5. The molecule has 0 amide bonds. The van der Waals surface area contributed by atoms with Crippen molar-refractivity contribution in [2.45, 2.75) is 6.42 Å². The number of rotatable bonds is 3. The zero-order chi connectivity index (χ0) is 13.1. The van der Waals surface area contributed by atoms with E-state index in [1.54, 1.807) is 19.2 Å². The number of phenolic OH excluding ortho intramolecular Hbond substituents is 1. The van der Waals surface area contributed by atoms with Gasteiger partial charge in [0.15, 0.2) is 0 Å². The SMILES string of the molecule is COC(=O)Cc1cc(O)c2cc(OC)ccc2c1. The summed E-state index contributed by atoms with van der Waals surface area (Å²) in [4.78, 5) is 11.2. The number of phenols is 1. The van der Waals surface area contributed by atoms with Gasteiger partial charge in [-0.1, -0.05) is 12.1 Å². The van der Waals surface area contributed by atoms with Crippen LogP contribution in [0.3, 0.4) is 0 Å². The van der Waals surface area contributed by atoms with Gasteiger partial charge in [0.2, 0.25) is 0 Å². The lowest BCUT2D eigenvalue weighted by atomic mass is 10.0. The van der Waals surface area contributed by atoms with Crippen LogP contribution in [0.1, 0.15) is 5.56 Å². The number of carbonyl (C=O) groups is 1. The van der Waals surface area contributed by atoms with Gasteiger partial charge in [0.1, 0.15) is 11.5 Å². The van der Waals surface area contributed by atoms with E-state index < -0.39 is 0 Å². The molecule has 0 spiro atoms. The van der Waals surface area contributed by atoms with Crippen LogP contribution in [0.2, 0.25) is 0 Å². The molecule has 0 saturated heterocycles. The molecule has 0 aliphatic rings. The third-order valence-electron chi connectivity index (χ3n) is 2.78. The van der Waals surface area contributed by atoms with Gasteiger partial charge in [-0.25, -0.2) is 0 Å². The topological polar surface area (TPSA) is 55.8 Å². The molecule has 18 heavy (non-hydrogen) atoms. The van der Waals surface area contributed by atoms with Gasteiger partial charge in [-0.2, -0.15) is 0 Å². The van der Waals surface area contributed by atoms with E-state index >= 15 is 0 Å². The second-order valence-electron chi connectivity index (χ2n) is 3.95. The van der Waals surface area contributed by atoms with E-state index in [2.05, 4.69) is 4.74 Å². The number of carbonyl (C=O) groups excluding carboxylic acids is 1. The Hall–Kier alpha value is -2.23. The summed E-state index contributed by atoms with van der Waals surface area (Å²) < 4.78 is 9.71. The molecule has 2 rings (SSSR count). The molecule has 0 bridgehead atoms. The lowest BCUT2D eigenvalue weighted by Gasteiger charge is -2.07. The zero-order valence-corrected chi connectivity index (χ0v) is 10.3. The second-order valence-corrected chi connectivity index (χ2v) is 3.95. The molecule has 4 nitrogen and oxygen atoms in total. The summed E-state index contributed by atoms with van der Waals surface area (Å²) in [5.74, 6) is 0.478. The number of benzene rings is 2. The molecule has 0 aliphatic carbocycles. The molecule has 0 fully saturated rings. The van der Waals surface area contributed by atoms with Crippen molar-refractivity contribution >= 4 is 16.7 Å². The molecule has 2 aromatic rings. The fourth-order valence-electron chi connectivity index (χ4n) is 1.85. The Morgan fingerprint density at radius 2 is 2.00 bits per heavy atom. The Morgan fingerprint density at radius 1 is 1.22 bits per heavy atom. The molecule has 1 N–H and O–H groups in total. The summed E-state index contributed by atoms with van der Waals surface area (Å²) in [5.41, 5.74) is 0.719. The van der Waals surface area contributed by atoms with Crippen LogP contribution in [-0.4, -0.2) is 25.3 Å². The van der Waals surface area contributed by atoms with E-state index in [-0.39, 0.29) is 18.1 Å². The minimum atomic E-state index is -0.331. The Kier molecular flexibility index (Phi) is 3.37. The number of hydrogen-bond donors (Lipinski definition) is 1. The summed E-state index contributed by atoms with van der Waals surface area (Å²) >= 11 is 0. The quantitative estimate of drug-likeness (QED) is 0.844. The first-order valence-electron chi connectivity index (χ1n) is 5.50. The van der Waals surface area contributed by atoms with Crippen LogP contribution < -0.4 is 4.74 Å². The molecule has 0 aliphatic heterocycles. The van der Waals surface area contributed by atoms with E-state index in [1.807, 2.05) is 18.2 Å². The molecule has 0 unspecified atom stereocenters. The summed E-state index contributed by atoms with van der Waals surface area (Å²) in [6.07, 6.45) is 0.145. The first kappa shape index (κ1) is 12.2. The average Bonchev–Trinajstić information content (AvgIpc) is 2.38. The highest BCUT2D eigenvalue weighted by atomic mass is 16.5. The van der Waals surface area contributed by atoms with Gasteiger partial charge in [0.05, 0.1) is 20.6 Å². The van der Waals surface area contributed by atoms with Gasteiger partial charge in [-0.05, 0) is 29.1 Å². The standard InChI is InChI=1S/C14H14O4/c1-17-11-4-3-10-5-9(7-14(16)18-2)6-13(15)12(10)8-11/h3-6,8,15H,7H2,1-2H3. The molecule has 4 heteroatoms. The Bertz CT molecular complexity index is 590. The molecule has 2 aromatic carbocycles. The highest BCUT2D eigenvalue weighted by molar-refractivity contribution is 5.90. The number of ether oxygens (including phenoxy) is 2. The fourth-order valence-corrected chi connectivity index (χ4v) is 1.85. The van der Waals surface area contributed by atoms with Crippen molar-refractivity contribution in [3.8, 4) is 11.5 Å². The smallest absolute Gasteiger partial charge is 0.309 e.